The molecule has 3 nitrogen and oxygen atoms in total. The predicted molar refractivity (Wildman–Crippen MR) is 74.0 cm³/mol. The van der Waals surface area contributed by atoms with Crippen LogP contribution in [-0.4, -0.2) is 18.5 Å². The lowest BCUT2D eigenvalue weighted by Gasteiger charge is -2.27. The van der Waals surface area contributed by atoms with E-state index in [1.807, 2.05) is 6.92 Å². The summed E-state index contributed by atoms with van der Waals surface area (Å²) in [6.07, 6.45) is 2.98. The van der Waals surface area contributed by atoms with Crippen molar-refractivity contribution in [3.63, 3.8) is 0 Å². The van der Waals surface area contributed by atoms with Crippen LogP contribution < -0.4 is 11.1 Å². The summed E-state index contributed by atoms with van der Waals surface area (Å²) in [6.45, 7) is 11.9. The highest BCUT2D eigenvalue weighted by Crippen LogP contribution is 2.67. The number of carbonyl (C=O) groups is 1. The summed E-state index contributed by atoms with van der Waals surface area (Å²) in [4.78, 5) is 12.3. The summed E-state index contributed by atoms with van der Waals surface area (Å²) in [6, 6.07) is 0.0257. The van der Waals surface area contributed by atoms with Crippen molar-refractivity contribution in [2.45, 2.75) is 59.9 Å². The van der Waals surface area contributed by atoms with Gasteiger partial charge < -0.3 is 11.1 Å². The van der Waals surface area contributed by atoms with E-state index in [1.54, 1.807) is 0 Å². The fraction of sp³-hybridized carbons (Fsp3) is 0.933. The van der Waals surface area contributed by atoms with Gasteiger partial charge in [-0.1, -0.05) is 34.1 Å². The van der Waals surface area contributed by atoms with Gasteiger partial charge in [0.15, 0.2) is 0 Å². The van der Waals surface area contributed by atoms with Crippen LogP contribution >= 0.6 is 0 Å². The SMILES string of the molecule is CC1(C(=O)NCC2C(C)(C)C2(C)C)CCCC1N. The van der Waals surface area contributed by atoms with E-state index in [2.05, 4.69) is 33.0 Å². The Hall–Kier alpha value is -0.570. The monoisotopic (exact) mass is 252 g/mol. The Morgan fingerprint density at radius 2 is 1.78 bits per heavy atom. The molecule has 2 aliphatic carbocycles. The van der Waals surface area contributed by atoms with E-state index in [9.17, 15) is 4.79 Å². The van der Waals surface area contributed by atoms with Gasteiger partial charge in [-0.3, -0.25) is 4.79 Å². The van der Waals surface area contributed by atoms with Crippen LogP contribution in [0.15, 0.2) is 0 Å². The molecule has 0 aliphatic heterocycles. The van der Waals surface area contributed by atoms with Gasteiger partial charge in [-0.05, 0) is 36.5 Å². The van der Waals surface area contributed by atoms with E-state index in [4.69, 9.17) is 5.73 Å². The number of rotatable bonds is 3. The number of amides is 1. The number of nitrogens with two attached hydrogens (primary N) is 1. The van der Waals surface area contributed by atoms with Crippen LogP contribution in [0, 0.1) is 22.2 Å². The Kier molecular flexibility index (Phi) is 3.05. The Bertz CT molecular complexity index is 348. The van der Waals surface area contributed by atoms with Crippen molar-refractivity contribution in [1.29, 1.82) is 0 Å². The molecular weight excluding hydrogens is 224 g/mol. The lowest BCUT2D eigenvalue weighted by atomic mass is 9.84. The minimum absolute atomic E-state index is 0.0257. The second-order valence-corrected chi connectivity index (χ2v) is 7.62. The molecule has 104 valence electrons. The van der Waals surface area contributed by atoms with Crippen LogP contribution in [0.3, 0.4) is 0 Å². The van der Waals surface area contributed by atoms with E-state index in [0.29, 0.717) is 16.7 Å². The Balaban J connectivity index is 1.91. The lowest BCUT2D eigenvalue weighted by Crippen LogP contribution is -2.48. The van der Waals surface area contributed by atoms with Gasteiger partial charge >= 0.3 is 0 Å². The van der Waals surface area contributed by atoms with Crippen LogP contribution in [0.2, 0.25) is 0 Å². The molecule has 0 bridgehead atoms. The smallest absolute Gasteiger partial charge is 0.227 e. The number of hydrogen-bond donors (Lipinski definition) is 2. The first-order valence-corrected chi connectivity index (χ1v) is 7.18. The van der Waals surface area contributed by atoms with E-state index < -0.39 is 0 Å². The van der Waals surface area contributed by atoms with Crippen LogP contribution in [0.4, 0.5) is 0 Å². The molecule has 2 saturated carbocycles. The molecule has 0 aromatic rings. The van der Waals surface area contributed by atoms with E-state index >= 15 is 0 Å². The Morgan fingerprint density at radius 3 is 2.17 bits per heavy atom. The first-order valence-electron chi connectivity index (χ1n) is 7.18. The second kappa shape index (κ2) is 3.96. The summed E-state index contributed by atoms with van der Waals surface area (Å²) >= 11 is 0. The first-order chi connectivity index (χ1) is 8.14. The first kappa shape index (κ1) is 13.9. The van der Waals surface area contributed by atoms with Crippen molar-refractivity contribution in [2.75, 3.05) is 6.54 Å². The highest BCUT2D eigenvalue weighted by atomic mass is 16.2. The maximum atomic E-state index is 12.3. The summed E-state index contributed by atoms with van der Waals surface area (Å²) in [5, 5.41) is 3.15. The maximum Gasteiger partial charge on any atom is 0.227 e. The van der Waals surface area contributed by atoms with Crippen molar-refractivity contribution >= 4 is 5.91 Å². The molecule has 0 aromatic carbocycles. The van der Waals surface area contributed by atoms with Crippen molar-refractivity contribution < 1.29 is 4.79 Å². The summed E-state index contributed by atoms with van der Waals surface area (Å²) in [5.41, 5.74) is 6.40. The predicted octanol–water partition coefficient (Wildman–Crippen LogP) is 2.30. The molecule has 3 heteroatoms. The highest BCUT2D eigenvalue weighted by molar-refractivity contribution is 5.83. The van der Waals surface area contributed by atoms with Crippen LogP contribution in [0.5, 0.6) is 0 Å². The quantitative estimate of drug-likeness (QED) is 0.810. The molecule has 0 radical (unpaired) electrons. The maximum absolute atomic E-state index is 12.3. The summed E-state index contributed by atoms with van der Waals surface area (Å²) in [5.74, 6) is 0.737. The fourth-order valence-corrected chi connectivity index (χ4v) is 3.72. The molecule has 3 N–H and O–H groups in total. The fourth-order valence-electron chi connectivity index (χ4n) is 3.72. The molecular formula is C15H28N2O. The Labute approximate surface area is 111 Å². The normalized spacial score (nSPS) is 37.6. The molecule has 2 unspecified atom stereocenters. The third kappa shape index (κ3) is 1.78. The topological polar surface area (TPSA) is 55.1 Å². The minimum Gasteiger partial charge on any atom is -0.355 e. The highest BCUT2D eigenvalue weighted by Gasteiger charge is 2.64. The molecule has 0 saturated heterocycles. The largest absolute Gasteiger partial charge is 0.355 e. The van der Waals surface area contributed by atoms with Gasteiger partial charge in [-0.15, -0.1) is 0 Å². The minimum atomic E-state index is -0.344. The molecule has 0 heterocycles. The van der Waals surface area contributed by atoms with Gasteiger partial charge in [0.05, 0.1) is 5.41 Å². The van der Waals surface area contributed by atoms with Crippen LogP contribution in [0.25, 0.3) is 0 Å². The molecule has 2 rings (SSSR count). The van der Waals surface area contributed by atoms with E-state index in [1.165, 1.54) is 0 Å². The zero-order valence-electron chi connectivity index (χ0n) is 12.5. The van der Waals surface area contributed by atoms with E-state index in [0.717, 1.165) is 25.8 Å². The van der Waals surface area contributed by atoms with Crippen molar-refractivity contribution in [3.05, 3.63) is 0 Å². The Morgan fingerprint density at radius 1 is 1.22 bits per heavy atom. The lowest BCUT2D eigenvalue weighted by molar-refractivity contribution is -0.130. The number of hydrogen-bond acceptors (Lipinski definition) is 2. The van der Waals surface area contributed by atoms with E-state index in [-0.39, 0.29) is 17.4 Å². The number of carbonyl (C=O) groups excluding carboxylic acids is 1. The average Bonchev–Trinajstić information content (AvgIpc) is 2.55. The van der Waals surface area contributed by atoms with Gasteiger partial charge in [0.1, 0.15) is 0 Å². The standard InChI is InChI=1S/C15H28N2O/c1-13(2)10(14(13,3)4)9-17-12(18)15(5)8-6-7-11(15)16/h10-11H,6-9,16H2,1-5H3,(H,17,18). The number of nitrogens with one attached hydrogen (secondary N) is 1. The molecule has 1 amide bonds. The van der Waals surface area contributed by atoms with Crippen LogP contribution in [-0.2, 0) is 4.79 Å². The zero-order chi connectivity index (χ0) is 13.8. The van der Waals surface area contributed by atoms with Crippen molar-refractivity contribution in [2.24, 2.45) is 27.9 Å². The molecule has 0 spiro atoms. The van der Waals surface area contributed by atoms with Gasteiger partial charge in [0.2, 0.25) is 5.91 Å². The molecule has 2 aliphatic rings. The van der Waals surface area contributed by atoms with Crippen molar-refractivity contribution in [3.8, 4) is 0 Å². The van der Waals surface area contributed by atoms with Crippen molar-refractivity contribution in [1.82, 2.24) is 5.32 Å². The molecule has 2 atom stereocenters. The molecule has 0 aromatic heterocycles. The molecule has 18 heavy (non-hydrogen) atoms. The summed E-state index contributed by atoms with van der Waals surface area (Å²) in [7, 11) is 0. The third-order valence-corrected chi connectivity index (χ3v) is 6.33. The second-order valence-electron chi connectivity index (χ2n) is 7.62. The summed E-state index contributed by atoms with van der Waals surface area (Å²) < 4.78 is 0. The van der Waals surface area contributed by atoms with Gasteiger partial charge in [-0.2, -0.15) is 0 Å². The zero-order valence-corrected chi connectivity index (χ0v) is 12.5. The van der Waals surface area contributed by atoms with Crippen LogP contribution in [0.1, 0.15) is 53.9 Å². The van der Waals surface area contributed by atoms with Gasteiger partial charge in [-0.25, -0.2) is 0 Å². The molecule has 2 fully saturated rings. The third-order valence-electron chi connectivity index (χ3n) is 6.33. The van der Waals surface area contributed by atoms with Gasteiger partial charge in [0, 0.05) is 12.6 Å². The van der Waals surface area contributed by atoms with Gasteiger partial charge in [0.25, 0.3) is 0 Å². The average molecular weight is 252 g/mol.